The Balaban J connectivity index is 0.000000739. The van der Waals surface area contributed by atoms with Gasteiger partial charge in [0.1, 0.15) is 0 Å². The van der Waals surface area contributed by atoms with Gasteiger partial charge < -0.3 is 10.2 Å². The highest BCUT2D eigenvalue weighted by Crippen LogP contribution is 2.60. The Bertz CT molecular complexity index is 707. The second-order valence-electron chi connectivity index (χ2n) is 13.0. The zero-order chi connectivity index (χ0) is 25.5. The lowest BCUT2D eigenvalue weighted by Crippen LogP contribution is -2.36. The highest BCUT2D eigenvalue weighted by Gasteiger charge is 2.50. The molecule has 0 aliphatic heterocycles. The molecule has 196 valence electrons. The molecular formula is C32H56O2. The molecule has 34 heavy (non-hydrogen) atoms. The van der Waals surface area contributed by atoms with Gasteiger partial charge >= 0.3 is 0 Å². The van der Waals surface area contributed by atoms with Crippen LogP contribution in [0.2, 0.25) is 0 Å². The van der Waals surface area contributed by atoms with Crippen molar-refractivity contribution >= 4 is 0 Å². The first kappa shape index (κ1) is 29.4. The van der Waals surface area contributed by atoms with E-state index in [1.54, 1.807) is 5.57 Å². The Morgan fingerprint density at radius 1 is 1.12 bits per heavy atom. The topological polar surface area (TPSA) is 40.5 Å². The van der Waals surface area contributed by atoms with Gasteiger partial charge in [0.25, 0.3) is 0 Å². The summed E-state index contributed by atoms with van der Waals surface area (Å²) < 4.78 is 0. The van der Waals surface area contributed by atoms with Crippen molar-refractivity contribution in [2.45, 2.75) is 137 Å². The minimum atomic E-state index is -0.535. The number of aliphatic hydroxyl groups excluding tert-OH is 1. The fourth-order valence-corrected chi connectivity index (χ4v) is 6.67. The van der Waals surface area contributed by atoms with Gasteiger partial charge in [0.2, 0.25) is 0 Å². The summed E-state index contributed by atoms with van der Waals surface area (Å²) >= 11 is 0. The first-order valence-corrected chi connectivity index (χ1v) is 14.4. The lowest BCUT2D eigenvalue weighted by atomic mass is 9.60. The molecule has 3 aliphatic carbocycles. The van der Waals surface area contributed by atoms with Gasteiger partial charge in [-0.2, -0.15) is 0 Å². The minimum Gasteiger partial charge on any atom is -0.393 e. The van der Waals surface area contributed by atoms with Gasteiger partial charge in [-0.05, 0) is 106 Å². The van der Waals surface area contributed by atoms with Crippen LogP contribution in [-0.2, 0) is 0 Å². The number of hydrogen-bond acceptors (Lipinski definition) is 2. The van der Waals surface area contributed by atoms with Crippen LogP contribution in [-0.4, -0.2) is 21.9 Å². The van der Waals surface area contributed by atoms with Gasteiger partial charge in [0.05, 0.1) is 11.7 Å². The van der Waals surface area contributed by atoms with Crippen LogP contribution in [0.5, 0.6) is 0 Å². The Morgan fingerprint density at radius 2 is 1.79 bits per heavy atom. The van der Waals surface area contributed by atoms with Crippen molar-refractivity contribution in [3.63, 3.8) is 0 Å². The van der Waals surface area contributed by atoms with Crippen LogP contribution in [0, 0.1) is 29.1 Å². The van der Waals surface area contributed by atoms with E-state index in [2.05, 4.69) is 53.3 Å². The van der Waals surface area contributed by atoms with E-state index in [-0.39, 0.29) is 6.10 Å². The number of hydrogen-bond donors (Lipinski definition) is 2. The third kappa shape index (κ3) is 8.37. The summed E-state index contributed by atoms with van der Waals surface area (Å²) in [5.74, 6) is 3.14. The van der Waals surface area contributed by atoms with E-state index in [4.69, 9.17) is 0 Å². The molecule has 0 amide bonds. The molecule has 0 radical (unpaired) electrons. The molecule has 0 spiro atoms. The van der Waals surface area contributed by atoms with Crippen molar-refractivity contribution in [1.29, 1.82) is 0 Å². The maximum atomic E-state index is 10.0. The summed E-state index contributed by atoms with van der Waals surface area (Å²) in [7, 11) is 0. The van der Waals surface area contributed by atoms with Gasteiger partial charge in [0.15, 0.2) is 0 Å². The smallest absolute Gasteiger partial charge is 0.0591 e. The van der Waals surface area contributed by atoms with Gasteiger partial charge in [-0.15, -0.1) is 0 Å². The fraction of sp³-hybridized carbons (Fsp3) is 0.812. The zero-order valence-electron chi connectivity index (χ0n) is 23.6. The Hall–Kier alpha value is -0.860. The highest BCUT2D eigenvalue weighted by atomic mass is 16.3. The monoisotopic (exact) mass is 472 g/mol. The molecule has 0 aromatic heterocycles. The average molecular weight is 473 g/mol. The first-order chi connectivity index (χ1) is 15.9. The normalized spacial score (nSPS) is 33.1. The molecular weight excluding hydrogens is 416 g/mol. The van der Waals surface area contributed by atoms with Crippen molar-refractivity contribution in [2.24, 2.45) is 29.1 Å². The fourth-order valence-electron chi connectivity index (χ4n) is 6.67. The molecule has 0 saturated heterocycles. The summed E-state index contributed by atoms with van der Waals surface area (Å²) in [6.07, 6.45) is 18.2. The summed E-state index contributed by atoms with van der Waals surface area (Å²) in [6.45, 7) is 19.7. The summed E-state index contributed by atoms with van der Waals surface area (Å²) in [4.78, 5) is 0. The van der Waals surface area contributed by atoms with E-state index in [0.717, 1.165) is 55.8 Å². The quantitative estimate of drug-likeness (QED) is 0.388. The van der Waals surface area contributed by atoms with Crippen LogP contribution >= 0.6 is 0 Å². The van der Waals surface area contributed by atoms with Crippen molar-refractivity contribution < 1.29 is 10.2 Å². The van der Waals surface area contributed by atoms with Gasteiger partial charge in [0, 0.05) is 0 Å². The van der Waals surface area contributed by atoms with Gasteiger partial charge in [-0.3, -0.25) is 0 Å². The van der Waals surface area contributed by atoms with Crippen molar-refractivity contribution in [3.05, 3.63) is 35.5 Å². The van der Waals surface area contributed by atoms with E-state index >= 15 is 0 Å². The molecule has 3 saturated carbocycles. The predicted molar refractivity (Wildman–Crippen MR) is 148 cm³/mol. The number of aliphatic hydroxyl groups is 2. The second-order valence-corrected chi connectivity index (χ2v) is 13.0. The zero-order valence-corrected chi connectivity index (χ0v) is 23.6. The molecule has 3 fully saturated rings. The van der Waals surface area contributed by atoms with E-state index in [1.165, 1.54) is 56.1 Å². The van der Waals surface area contributed by atoms with Crippen LogP contribution in [0.4, 0.5) is 0 Å². The standard InChI is InChI=1S/C27H44O2.C5H12/c1-19-10-13-23(28)18-22(19)12-11-21-9-7-17-27(5)24(14-15-25(21)27)20(2)8-6-16-26(3,4)29;1-4-5(2)3/h11-12,20,23-25,28-29H,1,6-10,13-18H2,2-5H3;5H,4H2,1-3H3/b21-11+,22-12-;. The highest BCUT2D eigenvalue weighted by molar-refractivity contribution is 5.36. The van der Waals surface area contributed by atoms with Gasteiger partial charge in [-0.25, -0.2) is 0 Å². The van der Waals surface area contributed by atoms with E-state index in [0.29, 0.717) is 5.41 Å². The maximum Gasteiger partial charge on any atom is 0.0591 e. The molecule has 3 aliphatic rings. The first-order valence-electron chi connectivity index (χ1n) is 14.4. The van der Waals surface area contributed by atoms with Crippen LogP contribution < -0.4 is 0 Å². The lowest BCUT2D eigenvalue weighted by Gasteiger charge is -2.44. The summed E-state index contributed by atoms with van der Waals surface area (Å²) in [6, 6.07) is 0. The molecule has 5 atom stereocenters. The molecule has 2 N–H and O–H groups in total. The second kappa shape index (κ2) is 12.9. The molecule has 2 nitrogen and oxygen atoms in total. The van der Waals surface area contributed by atoms with Crippen molar-refractivity contribution in [1.82, 2.24) is 0 Å². The molecule has 3 rings (SSSR count). The number of fused-ring (bicyclic) bond motifs is 1. The molecule has 0 aromatic rings. The minimum absolute atomic E-state index is 0.192. The van der Waals surface area contributed by atoms with Crippen LogP contribution in [0.15, 0.2) is 35.5 Å². The van der Waals surface area contributed by atoms with Crippen LogP contribution in [0.3, 0.4) is 0 Å². The molecule has 0 bridgehead atoms. The molecule has 5 unspecified atom stereocenters. The largest absolute Gasteiger partial charge is 0.393 e. The summed E-state index contributed by atoms with van der Waals surface area (Å²) in [5, 5.41) is 20.1. The third-order valence-electron chi connectivity index (χ3n) is 9.18. The van der Waals surface area contributed by atoms with Crippen LogP contribution in [0.1, 0.15) is 126 Å². The summed E-state index contributed by atoms with van der Waals surface area (Å²) in [5.41, 5.74) is 4.02. The molecule has 0 heterocycles. The Labute approximate surface area is 212 Å². The van der Waals surface area contributed by atoms with E-state index in [9.17, 15) is 10.2 Å². The maximum absolute atomic E-state index is 10.0. The van der Waals surface area contributed by atoms with E-state index < -0.39 is 5.60 Å². The third-order valence-corrected chi connectivity index (χ3v) is 9.18. The number of allylic oxidation sites excluding steroid dienone is 4. The predicted octanol–water partition coefficient (Wildman–Crippen LogP) is 8.79. The molecule has 2 heteroatoms. The Morgan fingerprint density at radius 3 is 2.41 bits per heavy atom. The Kier molecular flexibility index (Phi) is 11.1. The molecule has 0 aromatic carbocycles. The van der Waals surface area contributed by atoms with Gasteiger partial charge in [-0.1, -0.05) is 83.8 Å². The average Bonchev–Trinajstić information content (AvgIpc) is 3.11. The van der Waals surface area contributed by atoms with Crippen molar-refractivity contribution in [3.8, 4) is 0 Å². The lowest BCUT2D eigenvalue weighted by molar-refractivity contribution is 0.0596. The SMILES string of the molecule is C=C1CCC(O)C/C1=C/C=C1\CCCC2(C)C1CCC2C(C)CCCC(C)(C)O.CCC(C)C. The van der Waals surface area contributed by atoms with E-state index in [1.807, 2.05) is 13.8 Å². The van der Waals surface area contributed by atoms with Crippen LogP contribution in [0.25, 0.3) is 0 Å². The number of rotatable bonds is 7. The van der Waals surface area contributed by atoms with Crippen molar-refractivity contribution in [2.75, 3.05) is 0 Å².